The molecule has 0 heterocycles. The molecule has 0 atom stereocenters. The van der Waals surface area contributed by atoms with Crippen molar-refractivity contribution in [3.05, 3.63) is 29.8 Å². The lowest BCUT2D eigenvalue weighted by Crippen LogP contribution is -2.20. The number of hydrogen-bond donors (Lipinski definition) is 1. The summed E-state index contributed by atoms with van der Waals surface area (Å²) in [7, 11) is 1.91. The Balaban J connectivity index is 2.49. The highest BCUT2D eigenvalue weighted by Crippen LogP contribution is 2.17. The molecule has 92 valence electrons. The zero-order chi connectivity index (χ0) is 12.7. The van der Waals surface area contributed by atoms with Crippen LogP contribution in [0.5, 0.6) is 0 Å². The van der Waals surface area contributed by atoms with Crippen molar-refractivity contribution >= 4 is 17.9 Å². The van der Waals surface area contributed by atoms with Crippen molar-refractivity contribution in [3.63, 3.8) is 0 Å². The largest absolute Gasteiger partial charge is 0.481 e. The number of nitrogens with zero attached hydrogens (tertiary/aromatic N) is 1. The van der Waals surface area contributed by atoms with Crippen molar-refractivity contribution in [1.82, 2.24) is 0 Å². The molecule has 0 amide bonds. The molecule has 0 spiro atoms. The van der Waals surface area contributed by atoms with Crippen LogP contribution in [0.4, 0.5) is 5.69 Å². The van der Waals surface area contributed by atoms with E-state index in [0.29, 0.717) is 12.0 Å². The quantitative estimate of drug-likeness (QED) is 0.581. The van der Waals surface area contributed by atoms with Crippen LogP contribution in [-0.4, -0.2) is 31.0 Å². The number of carbonyl (C=O) groups is 2. The predicted octanol–water partition coefficient (Wildman–Crippen LogP) is 2.19. The first-order valence-corrected chi connectivity index (χ1v) is 5.62. The molecular weight excluding hydrogens is 218 g/mol. The summed E-state index contributed by atoms with van der Waals surface area (Å²) in [6, 6.07) is 7.37. The number of benzene rings is 1. The molecular formula is C13H17NO3. The zero-order valence-electron chi connectivity index (χ0n) is 9.93. The lowest BCUT2D eigenvalue weighted by molar-refractivity contribution is -0.137. The third-order valence-corrected chi connectivity index (χ3v) is 2.61. The van der Waals surface area contributed by atoms with Gasteiger partial charge in [0.25, 0.3) is 0 Å². The fraction of sp³-hybridized carbons (Fsp3) is 0.385. The number of para-hydroxylation sites is 1. The van der Waals surface area contributed by atoms with Crippen molar-refractivity contribution in [2.75, 3.05) is 18.5 Å². The SMILES string of the molecule is CN(CCCCC(=O)O)c1ccccc1C=O. The molecule has 0 saturated carbocycles. The highest BCUT2D eigenvalue weighted by Gasteiger charge is 2.06. The first-order chi connectivity index (χ1) is 8.15. The van der Waals surface area contributed by atoms with Gasteiger partial charge in [-0.15, -0.1) is 0 Å². The van der Waals surface area contributed by atoms with E-state index in [1.165, 1.54) is 0 Å². The van der Waals surface area contributed by atoms with Crippen LogP contribution < -0.4 is 4.90 Å². The number of unbranched alkanes of at least 4 members (excludes halogenated alkanes) is 1. The second-order valence-electron chi connectivity index (χ2n) is 3.95. The maximum atomic E-state index is 10.8. The van der Waals surface area contributed by atoms with Crippen LogP contribution in [0, 0.1) is 0 Å². The number of rotatable bonds is 7. The third kappa shape index (κ3) is 4.26. The van der Waals surface area contributed by atoms with Crippen LogP contribution in [0.1, 0.15) is 29.6 Å². The molecule has 0 aliphatic heterocycles. The van der Waals surface area contributed by atoms with Crippen molar-refractivity contribution in [2.45, 2.75) is 19.3 Å². The van der Waals surface area contributed by atoms with Gasteiger partial charge in [0.05, 0.1) is 0 Å². The summed E-state index contributed by atoms with van der Waals surface area (Å²) in [6.07, 6.45) is 2.49. The van der Waals surface area contributed by atoms with E-state index in [1.807, 2.05) is 30.1 Å². The molecule has 0 bridgehead atoms. The van der Waals surface area contributed by atoms with Crippen LogP contribution in [0.3, 0.4) is 0 Å². The second kappa shape index (κ2) is 6.68. The van der Waals surface area contributed by atoms with Gasteiger partial charge in [0.2, 0.25) is 0 Å². The number of hydrogen-bond acceptors (Lipinski definition) is 3. The van der Waals surface area contributed by atoms with Gasteiger partial charge in [-0.3, -0.25) is 9.59 Å². The highest BCUT2D eigenvalue weighted by atomic mass is 16.4. The summed E-state index contributed by atoms with van der Waals surface area (Å²) in [5.74, 6) is -0.763. The summed E-state index contributed by atoms with van der Waals surface area (Å²) < 4.78 is 0. The van der Waals surface area contributed by atoms with E-state index in [2.05, 4.69) is 0 Å². The first kappa shape index (κ1) is 13.2. The molecule has 1 aromatic carbocycles. The van der Waals surface area contributed by atoms with Gasteiger partial charge < -0.3 is 10.0 Å². The number of carboxylic acid groups (broad SMARTS) is 1. The van der Waals surface area contributed by atoms with Gasteiger partial charge in [-0.25, -0.2) is 0 Å². The molecule has 4 heteroatoms. The maximum Gasteiger partial charge on any atom is 0.303 e. The summed E-state index contributed by atoms with van der Waals surface area (Å²) in [5.41, 5.74) is 1.55. The van der Waals surface area contributed by atoms with E-state index in [0.717, 1.165) is 24.9 Å². The van der Waals surface area contributed by atoms with Crippen molar-refractivity contribution in [2.24, 2.45) is 0 Å². The molecule has 0 radical (unpaired) electrons. The van der Waals surface area contributed by atoms with Gasteiger partial charge in [0.15, 0.2) is 6.29 Å². The average molecular weight is 235 g/mol. The number of anilines is 1. The van der Waals surface area contributed by atoms with Gasteiger partial charge in [-0.05, 0) is 25.0 Å². The standard InChI is InChI=1S/C13H17NO3/c1-14(9-5-4-8-13(16)17)12-7-3-2-6-11(12)10-15/h2-3,6-7,10H,4-5,8-9H2,1H3,(H,16,17). The zero-order valence-corrected chi connectivity index (χ0v) is 9.93. The molecule has 0 aliphatic rings. The molecule has 0 saturated heterocycles. The summed E-state index contributed by atoms with van der Waals surface area (Å²) in [6.45, 7) is 0.748. The minimum atomic E-state index is -0.763. The minimum Gasteiger partial charge on any atom is -0.481 e. The van der Waals surface area contributed by atoms with E-state index in [-0.39, 0.29) is 6.42 Å². The molecule has 0 fully saturated rings. The number of aliphatic carboxylic acids is 1. The van der Waals surface area contributed by atoms with Crippen molar-refractivity contribution < 1.29 is 14.7 Å². The Bertz CT molecular complexity index is 390. The summed E-state index contributed by atoms with van der Waals surface area (Å²) in [4.78, 5) is 23.2. The van der Waals surface area contributed by atoms with Gasteiger partial charge in [-0.1, -0.05) is 12.1 Å². The Hall–Kier alpha value is -1.84. The summed E-state index contributed by atoms with van der Waals surface area (Å²) in [5, 5.41) is 8.52. The summed E-state index contributed by atoms with van der Waals surface area (Å²) >= 11 is 0. The van der Waals surface area contributed by atoms with Gasteiger partial charge >= 0.3 is 5.97 Å². The van der Waals surface area contributed by atoms with Crippen molar-refractivity contribution in [1.29, 1.82) is 0 Å². The lowest BCUT2D eigenvalue weighted by Gasteiger charge is -2.20. The third-order valence-electron chi connectivity index (χ3n) is 2.61. The number of carboxylic acids is 1. The second-order valence-corrected chi connectivity index (χ2v) is 3.95. The van der Waals surface area contributed by atoms with Crippen LogP contribution in [-0.2, 0) is 4.79 Å². The molecule has 0 unspecified atom stereocenters. The fourth-order valence-electron chi connectivity index (χ4n) is 1.68. The predicted molar refractivity (Wildman–Crippen MR) is 66.6 cm³/mol. The molecule has 0 aliphatic carbocycles. The topological polar surface area (TPSA) is 57.6 Å². The van der Waals surface area contributed by atoms with E-state index in [4.69, 9.17) is 5.11 Å². The normalized spacial score (nSPS) is 9.94. The van der Waals surface area contributed by atoms with Crippen LogP contribution in [0.15, 0.2) is 24.3 Å². The smallest absolute Gasteiger partial charge is 0.303 e. The average Bonchev–Trinajstić information content (AvgIpc) is 2.34. The molecule has 1 aromatic rings. The molecule has 0 aromatic heterocycles. The minimum absolute atomic E-state index is 0.198. The van der Waals surface area contributed by atoms with Gasteiger partial charge in [0, 0.05) is 31.3 Å². The van der Waals surface area contributed by atoms with Gasteiger partial charge in [-0.2, -0.15) is 0 Å². The molecule has 1 N–H and O–H groups in total. The molecule has 1 rings (SSSR count). The Kier molecular flexibility index (Phi) is 5.20. The molecule has 4 nitrogen and oxygen atoms in total. The van der Waals surface area contributed by atoms with Crippen LogP contribution >= 0.6 is 0 Å². The van der Waals surface area contributed by atoms with E-state index in [9.17, 15) is 9.59 Å². The monoisotopic (exact) mass is 235 g/mol. The Labute approximate surface area is 101 Å². The van der Waals surface area contributed by atoms with E-state index < -0.39 is 5.97 Å². The maximum absolute atomic E-state index is 10.8. The Morgan fingerprint density at radius 1 is 1.35 bits per heavy atom. The number of carbonyl (C=O) groups excluding carboxylic acids is 1. The van der Waals surface area contributed by atoms with Gasteiger partial charge in [0.1, 0.15) is 0 Å². The van der Waals surface area contributed by atoms with E-state index >= 15 is 0 Å². The number of aldehydes is 1. The highest BCUT2D eigenvalue weighted by molar-refractivity contribution is 5.84. The Morgan fingerprint density at radius 3 is 2.71 bits per heavy atom. The van der Waals surface area contributed by atoms with Crippen molar-refractivity contribution in [3.8, 4) is 0 Å². The first-order valence-electron chi connectivity index (χ1n) is 5.62. The molecule has 17 heavy (non-hydrogen) atoms. The lowest BCUT2D eigenvalue weighted by atomic mass is 10.1. The van der Waals surface area contributed by atoms with E-state index in [1.54, 1.807) is 6.07 Å². The van der Waals surface area contributed by atoms with Crippen LogP contribution in [0.2, 0.25) is 0 Å². The Morgan fingerprint density at radius 2 is 2.06 bits per heavy atom. The fourth-order valence-corrected chi connectivity index (χ4v) is 1.68. The van der Waals surface area contributed by atoms with Crippen LogP contribution in [0.25, 0.3) is 0 Å².